The summed E-state index contributed by atoms with van der Waals surface area (Å²) in [6, 6.07) is 0. The number of amides is 1. The Hall–Kier alpha value is -1.14. The van der Waals surface area contributed by atoms with Gasteiger partial charge < -0.3 is 20.8 Å². The van der Waals surface area contributed by atoms with Gasteiger partial charge in [0.15, 0.2) is 6.10 Å². The molecule has 0 aromatic heterocycles. The Balaban J connectivity index is 2.46. The topological polar surface area (TPSA) is 98.7 Å². The first-order valence-electron chi connectivity index (χ1n) is 6.92. The van der Waals surface area contributed by atoms with E-state index in [0.717, 1.165) is 32.2 Å². The van der Waals surface area contributed by atoms with Gasteiger partial charge in [-0.1, -0.05) is 13.3 Å². The summed E-state index contributed by atoms with van der Waals surface area (Å²) in [6.45, 7) is 3.86. The first-order valence-corrected chi connectivity index (χ1v) is 6.92. The highest BCUT2D eigenvalue weighted by molar-refractivity contribution is 5.83. The zero-order valence-electron chi connectivity index (χ0n) is 11.4. The predicted octanol–water partition coefficient (Wildman–Crippen LogP) is 0.108. The SMILES string of the molecule is CCCC1(C(=O)NCC[C@H](O)C(=O)O)CCCNC1. The molecule has 4 N–H and O–H groups in total. The number of carbonyl (C=O) groups excluding carboxylic acids is 1. The first kappa shape index (κ1) is 15.9. The van der Waals surface area contributed by atoms with E-state index in [0.29, 0.717) is 6.54 Å². The number of aliphatic hydroxyl groups excluding tert-OH is 1. The second kappa shape index (κ2) is 7.45. The predicted molar refractivity (Wildman–Crippen MR) is 70.7 cm³/mol. The molecule has 6 nitrogen and oxygen atoms in total. The van der Waals surface area contributed by atoms with E-state index >= 15 is 0 Å². The second-order valence-electron chi connectivity index (χ2n) is 5.21. The van der Waals surface area contributed by atoms with Crippen LogP contribution in [0.25, 0.3) is 0 Å². The van der Waals surface area contributed by atoms with Gasteiger partial charge in [-0.2, -0.15) is 0 Å². The number of rotatable bonds is 7. The molecule has 19 heavy (non-hydrogen) atoms. The summed E-state index contributed by atoms with van der Waals surface area (Å²) in [7, 11) is 0. The maximum absolute atomic E-state index is 12.3. The van der Waals surface area contributed by atoms with Gasteiger partial charge in [-0.25, -0.2) is 4.79 Å². The van der Waals surface area contributed by atoms with Crippen molar-refractivity contribution in [3.8, 4) is 0 Å². The van der Waals surface area contributed by atoms with Gasteiger partial charge in [0, 0.05) is 19.5 Å². The van der Waals surface area contributed by atoms with Gasteiger partial charge in [0.25, 0.3) is 0 Å². The Morgan fingerprint density at radius 3 is 2.74 bits per heavy atom. The zero-order valence-corrected chi connectivity index (χ0v) is 11.4. The average Bonchev–Trinajstić information content (AvgIpc) is 2.39. The van der Waals surface area contributed by atoms with Gasteiger partial charge in [0.1, 0.15) is 0 Å². The molecule has 110 valence electrons. The summed E-state index contributed by atoms with van der Waals surface area (Å²) in [5.41, 5.74) is -0.374. The molecule has 1 fully saturated rings. The highest BCUT2D eigenvalue weighted by Gasteiger charge is 2.38. The minimum atomic E-state index is -1.41. The summed E-state index contributed by atoms with van der Waals surface area (Å²) in [6.07, 6.45) is 2.23. The van der Waals surface area contributed by atoms with Gasteiger partial charge in [-0.3, -0.25) is 4.79 Å². The lowest BCUT2D eigenvalue weighted by Crippen LogP contribution is -2.50. The van der Waals surface area contributed by atoms with Crippen LogP contribution in [0.4, 0.5) is 0 Å². The molecule has 6 heteroatoms. The van der Waals surface area contributed by atoms with Crippen LogP contribution in [0.15, 0.2) is 0 Å². The summed E-state index contributed by atoms with van der Waals surface area (Å²) >= 11 is 0. The van der Waals surface area contributed by atoms with E-state index in [9.17, 15) is 9.59 Å². The molecular weight excluding hydrogens is 248 g/mol. The smallest absolute Gasteiger partial charge is 0.332 e. The van der Waals surface area contributed by atoms with Crippen LogP contribution in [0.5, 0.6) is 0 Å². The molecule has 0 saturated carbocycles. The van der Waals surface area contributed by atoms with Crippen LogP contribution in [0.2, 0.25) is 0 Å². The quantitative estimate of drug-likeness (QED) is 0.527. The van der Waals surface area contributed by atoms with Crippen LogP contribution in [0.3, 0.4) is 0 Å². The number of piperidine rings is 1. The largest absolute Gasteiger partial charge is 0.479 e. The minimum absolute atomic E-state index is 0.0286. The van der Waals surface area contributed by atoms with Crippen molar-refractivity contribution in [1.29, 1.82) is 0 Å². The molecule has 1 heterocycles. The third kappa shape index (κ3) is 4.47. The van der Waals surface area contributed by atoms with Crippen molar-refractivity contribution in [2.75, 3.05) is 19.6 Å². The number of hydrogen-bond acceptors (Lipinski definition) is 4. The lowest BCUT2D eigenvalue weighted by atomic mass is 9.76. The number of carboxylic acid groups (broad SMARTS) is 1. The van der Waals surface area contributed by atoms with E-state index in [-0.39, 0.29) is 24.3 Å². The summed E-state index contributed by atoms with van der Waals surface area (Å²) in [5.74, 6) is -1.28. The van der Waals surface area contributed by atoms with Crippen LogP contribution >= 0.6 is 0 Å². The zero-order chi connectivity index (χ0) is 14.3. The number of aliphatic carboxylic acids is 1. The standard InChI is InChI=1S/C13H24N2O4/c1-2-5-13(6-3-7-14-9-13)12(19)15-8-4-10(16)11(17)18/h10,14,16H,2-9H2,1H3,(H,15,19)(H,17,18)/t10-,13?/m0/s1. The van der Waals surface area contributed by atoms with Crippen molar-refractivity contribution < 1.29 is 19.8 Å². The van der Waals surface area contributed by atoms with Gasteiger partial charge in [0.05, 0.1) is 5.41 Å². The van der Waals surface area contributed by atoms with Crippen LogP contribution in [-0.2, 0) is 9.59 Å². The molecule has 1 saturated heterocycles. The van der Waals surface area contributed by atoms with E-state index in [1.54, 1.807) is 0 Å². The van der Waals surface area contributed by atoms with E-state index in [4.69, 9.17) is 10.2 Å². The maximum atomic E-state index is 12.3. The molecule has 1 unspecified atom stereocenters. The van der Waals surface area contributed by atoms with Gasteiger partial charge >= 0.3 is 5.97 Å². The molecule has 1 amide bonds. The Morgan fingerprint density at radius 1 is 1.47 bits per heavy atom. The van der Waals surface area contributed by atoms with Gasteiger partial charge in [-0.15, -0.1) is 0 Å². The minimum Gasteiger partial charge on any atom is -0.479 e. The average molecular weight is 272 g/mol. The molecule has 1 rings (SSSR count). The van der Waals surface area contributed by atoms with E-state index in [1.165, 1.54) is 0 Å². The fraction of sp³-hybridized carbons (Fsp3) is 0.846. The van der Waals surface area contributed by atoms with Crippen molar-refractivity contribution >= 4 is 11.9 Å². The van der Waals surface area contributed by atoms with Crippen molar-refractivity contribution in [3.63, 3.8) is 0 Å². The number of carboxylic acids is 1. The molecule has 0 aromatic carbocycles. The number of nitrogens with one attached hydrogen (secondary N) is 2. The molecule has 2 atom stereocenters. The van der Waals surface area contributed by atoms with Crippen LogP contribution < -0.4 is 10.6 Å². The van der Waals surface area contributed by atoms with Crippen LogP contribution in [-0.4, -0.2) is 47.8 Å². The lowest BCUT2D eigenvalue weighted by molar-refractivity contribution is -0.147. The Labute approximate surface area is 113 Å². The number of aliphatic hydroxyl groups is 1. The third-order valence-corrected chi connectivity index (χ3v) is 3.67. The highest BCUT2D eigenvalue weighted by atomic mass is 16.4. The molecule has 0 spiro atoms. The summed E-state index contributed by atoms with van der Waals surface area (Å²) in [4.78, 5) is 22.8. The van der Waals surface area contributed by atoms with Gasteiger partial charge in [0.2, 0.25) is 5.91 Å². The molecule has 0 radical (unpaired) electrons. The Kier molecular flexibility index (Phi) is 6.24. The fourth-order valence-corrected chi connectivity index (χ4v) is 2.60. The van der Waals surface area contributed by atoms with E-state index in [1.807, 2.05) is 0 Å². The maximum Gasteiger partial charge on any atom is 0.332 e. The Morgan fingerprint density at radius 2 is 2.21 bits per heavy atom. The second-order valence-corrected chi connectivity index (χ2v) is 5.21. The third-order valence-electron chi connectivity index (χ3n) is 3.67. The number of carbonyl (C=O) groups is 2. The molecule has 0 aliphatic carbocycles. The highest BCUT2D eigenvalue weighted by Crippen LogP contribution is 2.31. The summed E-state index contributed by atoms with van der Waals surface area (Å²) in [5, 5.41) is 23.7. The lowest BCUT2D eigenvalue weighted by Gasteiger charge is -2.36. The molecule has 0 aromatic rings. The Bertz CT molecular complexity index is 308. The van der Waals surface area contributed by atoms with Crippen molar-refractivity contribution in [1.82, 2.24) is 10.6 Å². The van der Waals surface area contributed by atoms with Crippen molar-refractivity contribution in [2.24, 2.45) is 5.41 Å². The van der Waals surface area contributed by atoms with E-state index in [2.05, 4.69) is 17.6 Å². The van der Waals surface area contributed by atoms with Crippen molar-refractivity contribution in [2.45, 2.75) is 45.1 Å². The van der Waals surface area contributed by atoms with Crippen LogP contribution in [0, 0.1) is 5.41 Å². The van der Waals surface area contributed by atoms with Gasteiger partial charge in [-0.05, 0) is 25.8 Å². The first-order chi connectivity index (χ1) is 9.02. The fourth-order valence-electron chi connectivity index (χ4n) is 2.60. The molecule has 1 aliphatic heterocycles. The van der Waals surface area contributed by atoms with Crippen LogP contribution in [0.1, 0.15) is 39.0 Å². The normalized spacial score (nSPS) is 24.7. The van der Waals surface area contributed by atoms with Crippen molar-refractivity contribution in [3.05, 3.63) is 0 Å². The molecule has 1 aliphatic rings. The van der Waals surface area contributed by atoms with E-state index < -0.39 is 12.1 Å². The molecular formula is C13H24N2O4. The monoisotopic (exact) mass is 272 g/mol. The molecule has 0 bridgehead atoms. The summed E-state index contributed by atoms with van der Waals surface area (Å²) < 4.78 is 0. The number of hydrogen-bond donors (Lipinski definition) is 4.